The Labute approximate surface area is 182 Å². The van der Waals surface area contributed by atoms with Crippen molar-refractivity contribution in [3.8, 4) is 28.6 Å². The van der Waals surface area contributed by atoms with Crippen molar-refractivity contribution in [2.24, 2.45) is 0 Å². The number of carbonyl (C=O) groups is 1. The van der Waals surface area contributed by atoms with Crippen LogP contribution in [0.4, 0.5) is 9.39 Å². The van der Waals surface area contributed by atoms with Crippen molar-refractivity contribution in [1.29, 1.82) is 0 Å². The summed E-state index contributed by atoms with van der Waals surface area (Å²) in [6.07, 6.45) is 0. The van der Waals surface area contributed by atoms with Gasteiger partial charge in [0, 0.05) is 10.4 Å². The van der Waals surface area contributed by atoms with E-state index in [1.54, 1.807) is 0 Å². The fourth-order valence-electron chi connectivity index (χ4n) is 2.96. The lowest BCUT2D eigenvalue weighted by Gasteiger charge is -2.07. The molecule has 0 radical (unpaired) electrons. The molecule has 0 saturated carbocycles. The van der Waals surface area contributed by atoms with Crippen molar-refractivity contribution in [2.75, 3.05) is 11.9 Å². The number of amides is 1. The van der Waals surface area contributed by atoms with Crippen LogP contribution >= 0.6 is 11.3 Å². The minimum absolute atomic E-state index is 0.209. The van der Waals surface area contributed by atoms with Gasteiger partial charge < -0.3 is 14.6 Å². The molecule has 4 aromatic rings. The molecule has 0 atom stereocenters. The van der Waals surface area contributed by atoms with Gasteiger partial charge in [0.05, 0.1) is 5.56 Å². The van der Waals surface area contributed by atoms with E-state index in [1.165, 1.54) is 35.6 Å². The molecule has 1 N–H and O–H groups in total. The zero-order valence-electron chi connectivity index (χ0n) is 17.2. The zero-order chi connectivity index (χ0) is 22.0. The third-order valence-electron chi connectivity index (χ3n) is 4.77. The van der Waals surface area contributed by atoms with E-state index in [0.717, 1.165) is 21.6 Å². The van der Waals surface area contributed by atoms with Crippen molar-refractivity contribution >= 4 is 22.2 Å². The highest BCUT2D eigenvalue weighted by molar-refractivity contribution is 7.17. The minimum atomic E-state index is -0.365. The van der Waals surface area contributed by atoms with E-state index < -0.39 is 0 Å². The average molecular weight is 437 g/mol. The van der Waals surface area contributed by atoms with Gasteiger partial charge in [-0.3, -0.25) is 4.79 Å². The molecule has 0 aliphatic rings. The molecule has 0 fully saturated rings. The van der Waals surface area contributed by atoms with Gasteiger partial charge in [-0.15, -0.1) is 11.3 Å². The molecule has 1 amide bonds. The number of aromatic nitrogens is 2. The number of ether oxygens (including phenoxy) is 1. The number of benzene rings is 2. The number of halogens is 1. The number of aryl methyl sites for hydroxylation is 2. The van der Waals surface area contributed by atoms with Crippen molar-refractivity contribution in [2.45, 2.75) is 20.8 Å². The lowest BCUT2D eigenvalue weighted by Crippen LogP contribution is -2.20. The first kappa shape index (κ1) is 20.7. The van der Waals surface area contributed by atoms with E-state index in [2.05, 4.69) is 15.5 Å². The highest BCUT2D eigenvalue weighted by Gasteiger charge is 2.22. The Morgan fingerprint density at radius 1 is 1.10 bits per heavy atom. The van der Waals surface area contributed by atoms with Gasteiger partial charge >= 0.3 is 0 Å². The quantitative estimate of drug-likeness (QED) is 0.428. The molecule has 31 heavy (non-hydrogen) atoms. The Kier molecular flexibility index (Phi) is 5.81. The monoisotopic (exact) mass is 437 g/mol. The maximum atomic E-state index is 13.0. The van der Waals surface area contributed by atoms with Crippen LogP contribution in [0.15, 0.2) is 53.1 Å². The first-order chi connectivity index (χ1) is 14.9. The number of carbonyl (C=O) groups excluding carboxylic acids is 1. The zero-order valence-corrected chi connectivity index (χ0v) is 18.0. The van der Waals surface area contributed by atoms with Gasteiger partial charge in [-0.25, -0.2) is 4.39 Å². The summed E-state index contributed by atoms with van der Waals surface area (Å²) >= 11 is 1.43. The summed E-state index contributed by atoms with van der Waals surface area (Å²) in [5.74, 6) is 0.526. The molecule has 0 saturated heterocycles. The van der Waals surface area contributed by atoms with Crippen LogP contribution in [0, 0.1) is 26.6 Å². The number of thiophene rings is 1. The number of rotatable bonds is 6. The molecule has 0 spiro atoms. The van der Waals surface area contributed by atoms with Crippen LogP contribution in [-0.4, -0.2) is 22.7 Å². The number of hydrogen-bond acceptors (Lipinski definition) is 6. The van der Waals surface area contributed by atoms with Crippen LogP contribution in [0.3, 0.4) is 0 Å². The predicted molar refractivity (Wildman–Crippen MR) is 118 cm³/mol. The Bertz CT molecular complexity index is 1210. The van der Waals surface area contributed by atoms with Gasteiger partial charge in [-0.2, -0.15) is 4.98 Å². The standard InChI is InChI=1S/C23H20FN3O3S/c1-13-4-6-16(7-5-13)21-26-22(30-27-21)20-14(2)15(3)31-23(20)25-19(28)12-29-18-10-8-17(24)9-11-18/h4-11H,12H2,1-3H3,(H,25,28). The summed E-state index contributed by atoms with van der Waals surface area (Å²) in [4.78, 5) is 18.0. The fourth-order valence-corrected chi connectivity index (χ4v) is 4.03. The molecular formula is C23H20FN3O3S. The van der Waals surface area contributed by atoms with E-state index in [0.29, 0.717) is 28.0 Å². The van der Waals surface area contributed by atoms with Crippen LogP contribution < -0.4 is 10.1 Å². The number of nitrogens with zero attached hydrogens (tertiary/aromatic N) is 2. The van der Waals surface area contributed by atoms with Crippen molar-refractivity contribution < 1.29 is 18.4 Å². The molecule has 158 valence electrons. The van der Waals surface area contributed by atoms with E-state index in [1.807, 2.05) is 45.0 Å². The predicted octanol–water partition coefficient (Wildman–Crippen LogP) is 5.55. The van der Waals surface area contributed by atoms with Crippen LogP contribution in [0.2, 0.25) is 0 Å². The van der Waals surface area contributed by atoms with Crippen LogP contribution in [0.5, 0.6) is 5.75 Å². The van der Waals surface area contributed by atoms with Gasteiger partial charge in [-0.1, -0.05) is 35.0 Å². The Balaban J connectivity index is 1.53. The van der Waals surface area contributed by atoms with E-state index in [9.17, 15) is 9.18 Å². The fraction of sp³-hybridized carbons (Fsp3) is 0.174. The first-order valence-corrected chi connectivity index (χ1v) is 10.4. The molecule has 2 heterocycles. The largest absolute Gasteiger partial charge is 0.484 e. The normalized spacial score (nSPS) is 10.8. The Morgan fingerprint density at radius 3 is 2.52 bits per heavy atom. The van der Waals surface area contributed by atoms with Gasteiger partial charge in [0.2, 0.25) is 5.82 Å². The van der Waals surface area contributed by atoms with Crippen LogP contribution in [0.25, 0.3) is 22.8 Å². The van der Waals surface area contributed by atoms with Gasteiger partial charge in [-0.05, 0) is 50.6 Å². The number of hydrogen-bond donors (Lipinski definition) is 1. The van der Waals surface area contributed by atoms with Crippen molar-refractivity contribution in [3.63, 3.8) is 0 Å². The Morgan fingerprint density at radius 2 is 1.81 bits per heavy atom. The second-order valence-corrected chi connectivity index (χ2v) is 8.29. The Hall–Kier alpha value is -3.52. The van der Waals surface area contributed by atoms with Crippen molar-refractivity contribution in [1.82, 2.24) is 10.1 Å². The van der Waals surface area contributed by atoms with E-state index in [4.69, 9.17) is 9.26 Å². The summed E-state index contributed by atoms with van der Waals surface area (Å²) in [6.45, 7) is 5.71. The summed E-state index contributed by atoms with van der Waals surface area (Å²) < 4.78 is 23.9. The van der Waals surface area contributed by atoms with Gasteiger partial charge in [0.25, 0.3) is 11.8 Å². The third-order valence-corrected chi connectivity index (χ3v) is 5.89. The maximum Gasteiger partial charge on any atom is 0.262 e. The molecule has 4 rings (SSSR count). The SMILES string of the molecule is Cc1ccc(-c2noc(-c3c(NC(=O)COc4ccc(F)cc4)sc(C)c3C)n2)cc1. The summed E-state index contributed by atoms with van der Waals surface area (Å²) in [5.41, 5.74) is 3.65. The lowest BCUT2D eigenvalue weighted by atomic mass is 10.1. The molecule has 0 aliphatic heterocycles. The highest BCUT2D eigenvalue weighted by Crippen LogP contribution is 2.40. The van der Waals surface area contributed by atoms with Crippen LogP contribution in [0.1, 0.15) is 16.0 Å². The molecule has 0 bridgehead atoms. The summed E-state index contributed by atoms with van der Waals surface area (Å²) in [6, 6.07) is 13.3. The number of nitrogens with one attached hydrogen (secondary N) is 1. The lowest BCUT2D eigenvalue weighted by molar-refractivity contribution is -0.118. The first-order valence-electron chi connectivity index (χ1n) is 9.60. The van der Waals surface area contributed by atoms with Crippen LogP contribution in [-0.2, 0) is 4.79 Å². The molecule has 0 unspecified atom stereocenters. The molecule has 2 aromatic carbocycles. The summed E-state index contributed by atoms with van der Waals surface area (Å²) in [5, 5.41) is 7.57. The second-order valence-electron chi connectivity index (χ2n) is 7.07. The van der Waals surface area contributed by atoms with Gasteiger partial charge in [0.15, 0.2) is 6.61 Å². The smallest absolute Gasteiger partial charge is 0.262 e. The molecular weight excluding hydrogens is 417 g/mol. The second kappa shape index (κ2) is 8.69. The van der Waals surface area contributed by atoms with Gasteiger partial charge in [0.1, 0.15) is 16.6 Å². The topological polar surface area (TPSA) is 77.2 Å². The van der Waals surface area contributed by atoms with E-state index >= 15 is 0 Å². The van der Waals surface area contributed by atoms with E-state index in [-0.39, 0.29) is 18.3 Å². The number of anilines is 1. The van der Waals surface area contributed by atoms with Crippen molar-refractivity contribution in [3.05, 3.63) is 70.4 Å². The minimum Gasteiger partial charge on any atom is -0.484 e. The molecule has 6 nitrogen and oxygen atoms in total. The molecule has 8 heteroatoms. The third kappa shape index (κ3) is 4.64. The summed E-state index contributed by atoms with van der Waals surface area (Å²) in [7, 11) is 0. The highest BCUT2D eigenvalue weighted by atomic mass is 32.1. The molecule has 2 aromatic heterocycles. The maximum absolute atomic E-state index is 13.0. The average Bonchev–Trinajstić information content (AvgIpc) is 3.33. The molecule has 0 aliphatic carbocycles.